The molecule has 0 aromatic heterocycles. The molecule has 1 saturated heterocycles. The Bertz CT molecular complexity index is 646. The van der Waals surface area contributed by atoms with Crippen LogP contribution in [0.15, 0.2) is 29.3 Å². The van der Waals surface area contributed by atoms with E-state index in [-0.39, 0.29) is 42.3 Å². The Hall–Kier alpha value is -1.84. The fourth-order valence-electron chi connectivity index (χ4n) is 2.61. The standard InChI is InChI=1S/C19H29N5O2.HI/c1-4-11-20-19(22-14-18(26)23(2)3)21-13-15-7-9-16(10-8-15)24-12-5-6-17(24)25;/h7-10H,4-6,11-14H2,1-3H3,(H2,20,21,22);1H. The second-order valence-electron chi connectivity index (χ2n) is 6.55. The number of halogens is 1. The van der Waals surface area contributed by atoms with Crippen molar-refractivity contribution in [3.8, 4) is 0 Å². The first-order chi connectivity index (χ1) is 12.5. The lowest BCUT2D eigenvalue weighted by molar-refractivity contribution is -0.127. The second-order valence-corrected chi connectivity index (χ2v) is 6.55. The molecule has 0 unspecified atom stereocenters. The molecule has 7 nitrogen and oxygen atoms in total. The van der Waals surface area contributed by atoms with Gasteiger partial charge in [0.15, 0.2) is 5.96 Å². The van der Waals surface area contributed by atoms with Gasteiger partial charge < -0.3 is 20.4 Å². The number of benzene rings is 1. The Kier molecular flexibility index (Phi) is 10.1. The maximum Gasteiger partial charge on any atom is 0.241 e. The second kappa shape index (κ2) is 11.8. The van der Waals surface area contributed by atoms with Gasteiger partial charge in [-0.05, 0) is 30.5 Å². The van der Waals surface area contributed by atoms with Crippen molar-refractivity contribution in [3.05, 3.63) is 29.8 Å². The molecule has 1 aliphatic rings. The lowest BCUT2D eigenvalue weighted by atomic mass is 10.2. The molecule has 2 amide bonds. The summed E-state index contributed by atoms with van der Waals surface area (Å²) in [6.45, 7) is 4.37. The summed E-state index contributed by atoms with van der Waals surface area (Å²) in [5.41, 5.74) is 2.00. The molecule has 0 bridgehead atoms. The highest BCUT2D eigenvalue weighted by molar-refractivity contribution is 14.0. The topological polar surface area (TPSA) is 77.0 Å². The van der Waals surface area contributed by atoms with Crippen LogP contribution in [0.4, 0.5) is 5.69 Å². The number of aliphatic imine (C=N–C) groups is 1. The average Bonchev–Trinajstić information content (AvgIpc) is 3.07. The largest absolute Gasteiger partial charge is 0.356 e. The number of nitrogens with one attached hydrogen (secondary N) is 2. The normalized spacial score (nSPS) is 14.0. The predicted octanol–water partition coefficient (Wildman–Crippen LogP) is 1.96. The molecule has 0 spiro atoms. The van der Waals surface area contributed by atoms with E-state index < -0.39 is 0 Å². The third-order valence-electron chi connectivity index (χ3n) is 4.19. The first-order valence-electron chi connectivity index (χ1n) is 9.13. The number of carbonyl (C=O) groups excluding carboxylic acids is 2. The zero-order valence-corrected chi connectivity index (χ0v) is 18.7. The number of hydrogen-bond donors (Lipinski definition) is 2. The van der Waals surface area contributed by atoms with Crippen LogP contribution < -0.4 is 15.5 Å². The number of guanidine groups is 1. The first-order valence-corrected chi connectivity index (χ1v) is 9.13. The summed E-state index contributed by atoms with van der Waals surface area (Å²) in [7, 11) is 3.46. The summed E-state index contributed by atoms with van der Waals surface area (Å²) >= 11 is 0. The predicted molar refractivity (Wildman–Crippen MR) is 120 cm³/mol. The van der Waals surface area contributed by atoms with Crippen LogP contribution >= 0.6 is 24.0 Å². The molecule has 0 saturated carbocycles. The van der Waals surface area contributed by atoms with Crippen molar-refractivity contribution < 1.29 is 9.59 Å². The Balaban J connectivity index is 0.00000364. The molecule has 150 valence electrons. The third-order valence-corrected chi connectivity index (χ3v) is 4.19. The van der Waals surface area contributed by atoms with Crippen molar-refractivity contribution in [3.63, 3.8) is 0 Å². The van der Waals surface area contributed by atoms with Gasteiger partial charge in [0, 0.05) is 39.3 Å². The molecule has 2 N–H and O–H groups in total. The number of nitrogens with zero attached hydrogens (tertiary/aromatic N) is 3. The van der Waals surface area contributed by atoms with Crippen LogP contribution in [0.5, 0.6) is 0 Å². The molecule has 1 aliphatic heterocycles. The molecular weight excluding hydrogens is 457 g/mol. The van der Waals surface area contributed by atoms with E-state index in [0.717, 1.165) is 37.2 Å². The van der Waals surface area contributed by atoms with Gasteiger partial charge in [-0.1, -0.05) is 19.1 Å². The van der Waals surface area contributed by atoms with Gasteiger partial charge in [0.25, 0.3) is 0 Å². The van der Waals surface area contributed by atoms with Crippen LogP contribution in [0.2, 0.25) is 0 Å². The number of anilines is 1. The summed E-state index contributed by atoms with van der Waals surface area (Å²) in [5, 5.41) is 6.27. The van der Waals surface area contributed by atoms with Crippen LogP contribution in [0.25, 0.3) is 0 Å². The summed E-state index contributed by atoms with van der Waals surface area (Å²) < 4.78 is 0. The number of amides is 2. The zero-order valence-electron chi connectivity index (χ0n) is 16.3. The molecule has 27 heavy (non-hydrogen) atoms. The molecular formula is C19H30IN5O2. The van der Waals surface area contributed by atoms with Crippen LogP contribution in [-0.4, -0.2) is 56.4 Å². The van der Waals surface area contributed by atoms with Crippen molar-refractivity contribution in [2.24, 2.45) is 4.99 Å². The van der Waals surface area contributed by atoms with Gasteiger partial charge in [-0.25, -0.2) is 4.99 Å². The van der Waals surface area contributed by atoms with E-state index in [1.54, 1.807) is 19.0 Å². The maximum absolute atomic E-state index is 11.8. The van der Waals surface area contributed by atoms with Gasteiger partial charge >= 0.3 is 0 Å². The molecule has 0 radical (unpaired) electrons. The van der Waals surface area contributed by atoms with Crippen molar-refractivity contribution >= 4 is 47.4 Å². The number of likely N-dealkylation sites (N-methyl/N-ethyl adjacent to an activating group) is 1. The highest BCUT2D eigenvalue weighted by Crippen LogP contribution is 2.21. The van der Waals surface area contributed by atoms with E-state index in [4.69, 9.17) is 0 Å². The monoisotopic (exact) mass is 487 g/mol. The highest BCUT2D eigenvalue weighted by Gasteiger charge is 2.21. The molecule has 8 heteroatoms. The van der Waals surface area contributed by atoms with Crippen molar-refractivity contribution in [2.75, 3.05) is 38.6 Å². The van der Waals surface area contributed by atoms with E-state index in [1.807, 2.05) is 29.2 Å². The minimum Gasteiger partial charge on any atom is -0.356 e. The SMILES string of the molecule is CCCNC(=NCc1ccc(N2CCCC2=O)cc1)NCC(=O)N(C)C.I. The molecule has 1 aromatic rings. The minimum atomic E-state index is -0.00404. The van der Waals surface area contributed by atoms with E-state index in [9.17, 15) is 9.59 Å². The zero-order chi connectivity index (χ0) is 18.9. The minimum absolute atomic E-state index is 0. The number of rotatable bonds is 7. The quantitative estimate of drug-likeness (QED) is 0.351. The summed E-state index contributed by atoms with van der Waals surface area (Å²) in [5.74, 6) is 0.813. The average molecular weight is 487 g/mol. The Morgan fingerprint density at radius 2 is 1.93 bits per heavy atom. The summed E-state index contributed by atoms with van der Waals surface area (Å²) in [4.78, 5) is 31.5. The molecule has 1 aromatic carbocycles. The van der Waals surface area contributed by atoms with Crippen molar-refractivity contribution in [1.82, 2.24) is 15.5 Å². The molecule has 1 fully saturated rings. The van der Waals surface area contributed by atoms with Crippen LogP contribution in [0.3, 0.4) is 0 Å². The Labute approximate surface area is 178 Å². The Morgan fingerprint density at radius 3 is 2.48 bits per heavy atom. The van der Waals surface area contributed by atoms with Gasteiger partial charge in [0.2, 0.25) is 11.8 Å². The fraction of sp³-hybridized carbons (Fsp3) is 0.526. The molecule has 0 aliphatic carbocycles. The third kappa shape index (κ3) is 7.36. The van der Waals surface area contributed by atoms with Crippen LogP contribution in [-0.2, 0) is 16.1 Å². The lowest BCUT2D eigenvalue weighted by Crippen LogP contribution is -2.43. The summed E-state index contributed by atoms with van der Waals surface area (Å²) in [6.07, 6.45) is 2.53. The first kappa shape index (κ1) is 23.2. The number of hydrogen-bond acceptors (Lipinski definition) is 3. The van der Waals surface area contributed by atoms with E-state index in [0.29, 0.717) is 18.9 Å². The Morgan fingerprint density at radius 1 is 1.22 bits per heavy atom. The van der Waals surface area contributed by atoms with Gasteiger partial charge in [0.05, 0.1) is 13.1 Å². The number of carbonyl (C=O) groups is 2. The van der Waals surface area contributed by atoms with Crippen molar-refractivity contribution in [1.29, 1.82) is 0 Å². The highest BCUT2D eigenvalue weighted by atomic mass is 127. The summed E-state index contributed by atoms with van der Waals surface area (Å²) in [6, 6.07) is 7.92. The van der Waals surface area contributed by atoms with Gasteiger partial charge in [-0.15, -0.1) is 24.0 Å². The maximum atomic E-state index is 11.8. The molecule has 0 atom stereocenters. The van der Waals surface area contributed by atoms with E-state index in [1.165, 1.54) is 0 Å². The van der Waals surface area contributed by atoms with Crippen LogP contribution in [0.1, 0.15) is 31.7 Å². The molecule has 2 rings (SSSR count). The molecule has 1 heterocycles. The van der Waals surface area contributed by atoms with Crippen LogP contribution in [0, 0.1) is 0 Å². The van der Waals surface area contributed by atoms with E-state index in [2.05, 4.69) is 22.5 Å². The van der Waals surface area contributed by atoms with Crippen molar-refractivity contribution in [2.45, 2.75) is 32.7 Å². The van der Waals surface area contributed by atoms with Gasteiger partial charge in [0.1, 0.15) is 0 Å². The lowest BCUT2D eigenvalue weighted by Gasteiger charge is -2.16. The van der Waals surface area contributed by atoms with Gasteiger partial charge in [-0.3, -0.25) is 9.59 Å². The smallest absolute Gasteiger partial charge is 0.241 e. The van der Waals surface area contributed by atoms with E-state index >= 15 is 0 Å². The van der Waals surface area contributed by atoms with Gasteiger partial charge in [-0.2, -0.15) is 0 Å². The fourth-order valence-corrected chi connectivity index (χ4v) is 2.61.